The molecule has 3 rings (SSSR count). The molecule has 114 valence electrons. The van der Waals surface area contributed by atoms with Crippen molar-refractivity contribution in [3.05, 3.63) is 29.3 Å². The Labute approximate surface area is 136 Å². The van der Waals surface area contributed by atoms with E-state index in [1.807, 2.05) is 24.3 Å². The van der Waals surface area contributed by atoms with Crippen LogP contribution in [0.25, 0.3) is 0 Å². The lowest BCUT2D eigenvalue weighted by molar-refractivity contribution is -0.121. The minimum absolute atomic E-state index is 0.00898. The van der Waals surface area contributed by atoms with E-state index in [1.165, 1.54) is 25.7 Å². The molecular weight excluding hydrogens is 302 g/mol. The van der Waals surface area contributed by atoms with Gasteiger partial charge in [-0.1, -0.05) is 24.9 Å². The number of thioether (sulfide) groups is 1. The normalized spacial score (nSPS) is 28.6. The summed E-state index contributed by atoms with van der Waals surface area (Å²) in [6, 6.07) is 8.16. The number of benzene rings is 1. The third kappa shape index (κ3) is 3.57. The molecule has 4 atom stereocenters. The molecule has 2 nitrogen and oxygen atoms in total. The Kier molecular flexibility index (Phi) is 4.80. The minimum Gasteiger partial charge on any atom is -0.352 e. The molecule has 4 heteroatoms. The second-order valence-electron chi connectivity index (χ2n) is 6.26. The van der Waals surface area contributed by atoms with Crippen molar-refractivity contribution in [1.82, 2.24) is 5.32 Å². The van der Waals surface area contributed by atoms with Gasteiger partial charge in [0.25, 0.3) is 0 Å². The molecule has 0 saturated heterocycles. The zero-order valence-corrected chi connectivity index (χ0v) is 13.9. The molecule has 0 aliphatic heterocycles. The fraction of sp³-hybridized carbons (Fsp3) is 0.588. The number of rotatable bonds is 5. The van der Waals surface area contributed by atoms with Crippen molar-refractivity contribution in [3.8, 4) is 0 Å². The summed E-state index contributed by atoms with van der Waals surface area (Å²) in [6.07, 6.45) is 6.04. The van der Waals surface area contributed by atoms with E-state index in [-0.39, 0.29) is 11.2 Å². The van der Waals surface area contributed by atoms with Crippen LogP contribution in [0.5, 0.6) is 0 Å². The number of hydrogen-bond acceptors (Lipinski definition) is 2. The Hall–Kier alpha value is -0.670. The zero-order chi connectivity index (χ0) is 14.8. The van der Waals surface area contributed by atoms with Gasteiger partial charge in [0.1, 0.15) is 0 Å². The zero-order valence-electron chi connectivity index (χ0n) is 12.3. The Morgan fingerprint density at radius 1 is 1.33 bits per heavy atom. The Balaban J connectivity index is 1.57. The highest BCUT2D eigenvalue weighted by atomic mass is 35.5. The Morgan fingerprint density at radius 2 is 2.10 bits per heavy atom. The highest BCUT2D eigenvalue weighted by Crippen LogP contribution is 2.44. The number of halogens is 1. The third-order valence-corrected chi connectivity index (χ3v) is 6.45. The van der Waals surface area contributed by atoms with Gasteiger partial charge in [-0.2, -0.15) is 0 Å². The summed E-state index contributed by atoms with van der Waals surface area (Å²) < 4.78 is 0. The van der Waals surface area contributed by atoms with Crippen LogP contribution in [0, 0.1) is 11.8 Å². The molecular formula is C17H22ClNOS. The number of amides is 1. The molecule has 1 amide bonds. The molecule has 2 saturated carbocycles. The van der Waals surface area contributed by atoms with E-state index in [2.05, 4.69) is 12.2 Å². The summed E-state index contributed by atoms with van der Waals surface area (Å²) >= 11 is 7.54. The topological polar surface area (TPSA) is 29.1 Å². The molecule has 1 aromatic rings. The predicted molar refractivity (Wildman–Crippen MR) is 88.8 cm³/mol. The van der Waals surface area contributed by atoms with Crippen LogP contribution in [0.4, 0.5) is 0 Å². The van der Waals surface area contributed by atoms with Gasteiger partial charge in [-0.25, -0.2) is 0 Å². The minimum atomic E-state index is -0.00898. The lowest BCUT2D eigenvalue weighted by Crippen LogP contribution is -2.42. The van der Waals surface area contributed by atoms with E-state index in [9.17, 15) is 4.79 Å². The quantitative estimate of drug-likeness (QED) is 0.807. The van der Waals surface area contributed by atoms with Gasteiger partial charge in [0.2, 0.25) is 5.91 Å². The fourth-order valence-electron chi connectivity index (χ4n) is 3.70. The number of carbonyl (C=O) groups is 1. The summed E-state index contributed by atoms with van der Waals surface area (Å²) in [4.78, 5) is 13.6. The van der Waals surface area contributed by atoms with E-state index >= 15 is 0 Å². The van der Waals surface area contributed by atoms with E-state index in [0.717, 1.165) is 28.2 Å². The van der Waals surface area contributed by atoms with Gasteiger partial charge in [0, 0.05) is 16.0 Å². The second kappa shape index (κ2) is 6.62. The molecule has 2 aliphatic carbocycles. The molecule has 1 N–H and O–H groups in total. The van der Waals surface area contributed by atoms with Crippen LogP contribution in [-0.2, 0) is 4.79 Å². The first-order valence-corrected chi connectivity index (χ1v) is 9.14. The van der Waals surface area contributed by atoms with Crippen LogP contribution < -0.4 is 5.32 Å². The van der Waals surface area contributed by atoms with Crippen molar-refractivity contribution in [2.24, 2.45) is 11.8 Å². The van der Waals surface area contributed by atoms with Crippen molar-refractivity contribution < 1.29 is 4.79 Å². The first-order valence-electron chi connectivity index (χ1n) is 7.88. The number of carbonyl (C=O) groups excluding carboxylic acids is 1. The fourth-order valence-corrected chi connectivity index (χ4v) is 4.79. The molecule has 0 spiro atoms. The highest BCUT2D eigenvalue weighted by molar-refractivity contribution is 8.00. The molecule has 2 fully saturated rings. The average molecular weight is 324 g/mol. The van der Waals surface area contributed by atoms with Gasteiger partial charge in [-0.15, -0.1) is 11.8 Å². The number of fused-ring (bicyclic) bond motifs is 2. The maximum atomic E-state index is 12.5. The van der Waals surface area contributed by atoms with Crippen LogP contribution >= 0.6 is 23.4 Å². The SMILES string of the molecule is CC[C@@H](Sc1ccc(Cl)cc1)C(=O)N[C@@H]1C[C@H]2CC[C@H]1C2. The van der Waals surface area contributed by atoms with E-state index in [0.29, 0.717) is 6.04 Å². The smallest absolute Gasteiger partial charge is 0.233 e. The highest BCUT2D eigenvalue weighted by Gasteiger charge is 2.40. The van der Waals surface area contributed by atoms with Crippen molar-refractivity contribution in [2.45, 2.75) is 55.2 Å². The van der Waals surface area contributed by atoms with Gasteiger partial charge < -0.3 is 5.32 Å². The molecule has 0 heterocycles. The van der Waals surface area contributed by atoms with Crippen LogP contribution in [0.2, 0.25) is 5.02 Å². The van der Waals surface area contributed by atoms with Gasteiger partial charge in [-0.3, -0.25) is 4.79 Å². The van der Waals surface area contributed by atoms with E-state index < -0.39 is 0 Å². The average Bonchev–Trinajstić information content (AvgIpc) is 3.09. The molecule has 0 radical (unpaired) electrons. The van der Waals surface area contributed by atoms with Gasteiger partial charge in [0.15, 0.2) is 0 Å². The monoisotopic (exact) mass is 323 g/mol. The van der Waals surface area contributed by atoms with Gasteiger partial charge >= 0.3 is 0 Å². The number of nitrogens with one attached hydrogen (secondary N) is 1. The van der Waals surface area contributed by atoms with Crippen LogP contribution in [-0.4, -0.2) is 17.2 Å². The molecule has 21 heavy (non-hydrogen) atoms. The van der Waals surface area contributed by atoms with Gasteiger partial charge in [-0.05, 0) is 61.8 Å². The van der Waals surface area contributed by atoms with E-state index in [4.69, 9.17) is 11.6 Å². The standard InChI is InChI=1S/C17H22ClNOS/c1-2-16(21-14-7-5-13(18)6-8-14)17(20)19-15-10-11-3-4-12(15)9-11/h5-8,11-12,15-16H,2-4,9-10H2,1H3,(H,19,20)/t11-,12-,15+,16+/m0/s1. The van der Waals surface area contributed by atoms with Crippen molar-refractivity contribution >= 4 is 29.3 Å². The Bertz CT molecular complexity index is 504. The molecule has 1 aromatic carbocycles. The summed E-state index contributed by atoms with van der Waals surface area (Å²) in [5, 5.41) is 4.03. The predicted octanol–water partition coefficient (Wildman–Crippen LogP) is 4.52. The van der Waals surface area contributed by atoms with Crippen molar-refractivity contribution in [3.63, 3.8) is 0 Å². The summed E-state index contributed by atoms with van der Waals surface area (Å²) in [5.74, 6) is 1.80. The first-order chi connectivity index (χ1) is 10.2. The Morgan fingerprint density at radius 3 is 2.67 bits per heavy atom. The van der Waals surface area contributed by atoms with E-state index in [1.54, 1.807) is 11.8 Å². The van der Waals surface area contributed by atoms with Gasteiger partial charge in [0.05, 0.1) is 5.25 Å². The molecule has 2 aliphatic rings. The third-order valence-electron chi connectivity index (χ3n) is 4.82. The first kappa shape index (κ1) is 15.2. The molecule has 0 aromatic heterocycles. The lowest BCUT2D eigenvalue weighted by atomic mass is 9.95. The van der Waals surface area contributed by atoms with Crippen LogP contribution in [0.3, 0.4) is 0 Å². The number of hydrogen-bond donors (Lipinski definition) is 1. The lowest BCUT2D eigenvalue weighted by Gasteiger charge is -2.25. The molecule has 0 unspecified atom stereocenters. The summed E-state index contributed by atoms with van der Waals surface area (Å²) in [7, 11) is 0. The second-order valence-corrected chi connectivity index (χ2v) is 7.97. The molecule has 2 bridgehead atoms. The van der Waals surface area contributed by atoms with Crippen molar-refractivity contribution in [1.29, 1.82) is 0 Å². The van der Waals surface area contributed by atoms with Crippen LogP contribution in [0.1, 0.15) is 39.0 Å². The largest absolute Gasteiger partial charge is 0.352 e. The summed E-state index contributed by atoms with van der Waals surface area (Å²) in [5.41, 5.74) is 0. The van der Waals surface area contributed by atoms with Crippen molar-refractivity contribution in [2.75, 3.05) is 0 Å². The maximum Gasteiger partial charge on any atom is 0.233 e. The maximum absolute atomic E-state index is 12.5. The van der Waals surface area contributed by atoms with Crippen LogP contribution in [0.15, 0.2) is 29.2 Å². The summed E-state index contributed by atoms with van der Waals surface area (Å²) in [6.45, 7) is 2.08.